The molecule has 8 nitrogen and oxygen atoms in total. The molecule has 0 aromatic heterocycles. The zero-order chi connectivity index (χ0) is 27.3. The molecule has 0 radical (unpaired) electrons. The van der Waals surface area contributed by atoms with E-state index in [1.165, 1.54) is 0 Å². The first-order chi connectivity index (χ1) is 18.1. The smallest absolute Gasteiger partial charge is 0.410 e. The van der Waals surface area contributed by atoms with Crippen molar-refractivity contribution in [2.75, 3.05) is 36.4 Å². The molecule has 1 aliphatic carbocycles. The first-order valence-corrected chi connectivity index (χ1v) is 13.6. The average molecular weight is 538 g/mol. The maximum absolute atomic E-state index is 12.9. The number of hydrogen-bond donors (Lipinski definition) is 2. The fourth-order valence-corrected chi connectivity index (χ4v) is 5.09. The molecule has 0 atom stereocenters. The van der Waals surface area contributed by atoms with Crippen LogP contribution in [0, 0.1) is 6.57 Å². The minimum absolute atomic E-state index is 0.0516. The molecule has 2 aromatic carbocycles. The second-order valence-electron chi connectivity index (χ2n) is 10.9. The van der Waals surface area contributed by atoms with Crippen molar-refractivity contribution in [3.05, 3.63) is 64.5 Å². The molecule has 2 aliphatic rings. The van der Waals surface area contributed by atoms with E-state index >= 15 is 0 Å². The van der Waals surface area contributed by atoms with Crippen LogP contribution in [0.25, 0.3) is 4.85 Å². The summed E-state index contributed by atoms with van der Waals surface area (Å²) in [4.78, 5) is 32.5. The van der Waals surface area contributed by atoms with Crippen molar-refractivity contribution in [1.82, 2.24) is 10.2 Å². The molecular weight excluding hydrogens is 502 g/mol. The highest BCUT2D eigenvalue weighted by atomic mass is 35.5. The number of hydrogen-bond acceptors (Lipinski definition) is 5. The number of nitrogens with zero attached hydrogens (tertiary/aromatic N) is 3. The molecular formula is C29H36ClN5O3. The molecule has 2 amide bonds. The van der Waals surface area contributed by atoms with Gasteiger partial charge >= 0.3 is 6.09 Å². The molecule has 202 valence electrons. The lowest BCUT2D eigenvalue weighted by Gasteiger charge is -2.36. The predicted octanol–water partition coefficient (Wildman–Crippen LogP) is 6.10. The Bertz CT molecular complexity index is 1170. The minimum Gasteiger partial charge on any atom is -0.444 e. The lowest BCUT2D eigenvalue weighted by atomic mass is 9.90. The SMILES string of the molecule is [C-]#[N+]c1ccc(NC2CCC(NC(=O)c3ccc(N4CCN(C(=O)OC(C)(C)C)CC4)cc3)CC2)cc1Cl. The van der Waals surface area contributed by atoms with Crippen LogP contribution in [0.1, 0.15) is 56.8 Å². The van der Waals surface area contributed by atoms with Crippen LogP contribution in [-0.4, -0.2) is 60.8 Å². The van der Waals surface area contributed by atoms with Crippen molar-refractivity contribution < 1.29 is 14.3 Å². The van der Waals surface area contributed by atoms with Crippen molar-refractivity contribution in [2.24, 2.45) is 0 Å². The standard InChI is InChI=1S/C29H36ClN5O3/c1-29(2,3)38-28(37)35-17-15-34(16-18-35)24-12-5-20(6-13-24)27(36)33-22-9-7-21(8-10-22)32-23-11-14-26(31-4)25(30)19-23/h5-6,11-14,19,21-22,32H,7-10,15-18H2,1-3H3,(H,33,36). The Morgan fingerprint density at radius 2 is 1.61 bits per heavy atom. The van der Waals surface area contributed by atoms with Gasteiger partial charge in [0.1, 0.15) is 5.60 Å². The van der Waals surface area contributed by atoms with E-state index in [1.807, 2.05) is 51.1 Å². The molecule has 0 spiro atoms. The van der Waals surface area contributed by atoms with Crippen LogP contribution in [0.4, 0.5) is 21.9 Å². The lowest BCUT2D eigenvalue weighted by molar-refractivity contribution is 0.0240. The summed E-state index contributed by atoms with van der Waals surface area (Å²) in [6.45, 7) is 15.4. The van der Waals surface area contributed by atoms with E-state index in [1.54, 1.807) is 17.0 Å². The number of carbonyl (C=O) groups excluding carboxylic acids is 2. The number of piperazine rings is 1. The van der Waals surface area contributed by atoms with Gasteiger partial charge < -0.3 is 25.2 Å². The number of rotatable bonds is 5. The third-order valence-electron chi connectivity index (χ3n) is 6.93. The maximum atomic E-state index is 12.9. The summed E-state index contributed by atoms with van der Waals surface area (Å²) in [6, 6.07) is 13.6. The summed E-state index contributed by atoms with van der Waals surface area (Å²) >= 11 is 6.15. The Morgan fingerprint density at radius 3 is 2.18 bits per heavy atom. The Balaban J connectivity index is 1.21. The van der Waals surface area contributed by atoms with Gasteiger partial charge in [-0.05, 0) is 82.9 Å². The fourth-order valence-electron chi connectivity index (χ4n) is 4.87. The van der Waals surface area contributed by atoms with Crippen molar-refractivity contribution in [2.45, 2.75) is 64.1 Å². The van der Waals surface area contributed by atoms with Crippen LogP contribution in [-0.2, 0) is 4.74 Å². The Kier molecular flexibility index (Phi) is 8.68. The van der Waals surface area contributed by atoms with Crippen LogP contribution in [0.2, 0.25) is 5.02 Å². The molecule has 1 heterocycles. The Morgan fingerprint density at radius 1 is 0.974 bits per heavy atom. The van der Waals surface area contributed by atoms with Crippen molar-refractivity contribution >= 4 is 40.7 Å². The molecule has 9 heteroatoms. The monoisotopic (exact) mass is 537 g/mol. The van der Waals surface area contributed by atoms with E-state index in [0.717, 1.165) is 50.1 Å². The number of carbonyl (C=O) groups is 2. The van der Waals surface area contributed by atoms with Gasteiger partial charge in [-0.1, -0.05) is 17.7 Å². The van der Waals surface area contributed by atoms with Crippen LogP contribution in [0.3, 0.4) is 0 Å². The molecule has 2 fully saturated rings. The highest BCUT2D eigenvalue weighted by molar-refractivity contribution is 6.33. The maximum Gasteiger partial charge on any atom is 0.410 e. The summed E-state index contributed by atoms with van der Waals surface area (Å²) in [5.41, 5.74) is 2.57. The Labute approximate surface area is 230 Å². The largest absolute Gasteiger partial charge is 0.444 e. The summed E-state index contributed by atoms with van der Waals surface area (Å²) in [5.74, 6) is -0.0516. The lowest BCUT2D eigenvalue weighted by Crippen LogP contribution is -2.50. The van der Waals surface area contributed by atoms with Gasteiger partial charge in [0.25, 0.3) is 5.91 Å². The minimum atomic E-state index is -0.497. The van der Waals surface area contributed by atoms with Gasteiger partial charge in [-0.2, -0.15) is 0 Å². The quantitative estimate of drug-likeness (QED) is 0.450. The van der Waals surface area contributed by atoms with Crippen LogP contribution < -0.4 is 15.5 Å². The normalized spacial score (nSPS) is 19.9. The van der Waals surface area contributed by atoms with E-state index in [9.17, 15) is 9.59 Å². The van der Waals surface area contributed by atoms with Crippen molar-refractivity contribution in [3.63, 3.8) is 0 Å². The Hall–Kier alpha value is -3.44. The van der Waals surface area contributed by atoms with Crippen LogP contribution in [0.15, 0.2) is 42.5 Å². The van der Waals surface area contributed by atoms with Gasteiger partial charge in [0.05, 0.1) is 6.57 Å². The zero-order valence-electron chi connectivity index (χ0n) is 22.3. The molecule has 38 heavy (non-hydrogen) atoms. The van der Waals surface area contributed by atoms with Gasteiger partial charge in [0.15, 0.2) is 0 Å². The number of nitrogens with one attached hydrogen (secondary N) is 2. The molecule has 0 bridgehead atoms. The van der Waals surface area contributed by atoms with Gasteiger partial charge in [0.2, 0.25) is 5.69 Å². The van der Waals surface area contributed by atoms with E-state index < -0.39 is 5.60 Å². The zero-order valence-corrected chi connectivity index (χ0v) is 23.1. The second-order valence-corrected chi connectivity index (χ2v) is 11.4. The summed E-state index contributed by atoms with van der Waals surface area (Å²) in [6.07, 6.45) is 3.42. The van der Waals surface area contributed by atoms with Crippen molar-refractivity contribution in [1.29, 1.82) is 0 Å². The first kappa shape index (κ1) is 27.6. The fraction of sp³-hybridized carbons (Fsp3) is 0.483. The summed E-state index contributed by atoms with van der Waals surface area (Å²) in [7, 11) is 0. The molecule has 1 saturated heterocycles. The molecule has 2 aromatic rings. The number of benzene rings is 2. The molecule has 4 rings (SSSR count). The number of halogens is 1. The van der Waals surface area contributed by atoms with Gasteiger partial charge in [0, 0.05) is 60.2 Å². The third kappa shape index (κ3) is 7.32. The van der Waals surface area contributed by atoms with Crippen LogP contribution >= 0.6 is 11.6 Å². The van der Waals surface area contributed by atoms with Crippen LogP contribution in [0.5, 0.6) is 0 Å². The van der Waals surface area contributed by atoms with E-state index in [4.69, 9.17) is 22.9 Å². The highest BCUT2D eigenvalue weighted by Gasteiger charge is 2.26. The van der Waals surface area contributed by atoms with Gasteiger partial charge in [-0.15, -0.1) is 0 Å². The number of ether oxygens (including phenoxy) is 1. The molecule has 2 N–H and O–H groups in total. The highest BCUT2D eigenvalue weighted by Crippen LogP contribution is 2.30. The molecule has 1 saturated carbocycles. The van der Waals surface area contributed by atoms with E-state index in [0.29, 0.717) is 35.4 Å². The predicted molar refractivity (Wildman–Crippen MR) is 151 cm³/mol. The summed E-state index contributed by atoms with van der Waals surface area (Å²) in [5, 5.41) is 7.15. The molecule has 0 unspecified atom stereocenters. The number of amides is 2. The average Bonchev–Trinajstić information content (AvgIpc) is 2.89. The van der Waals surface area contributed by atoms with Gasteiger partial charge in [-0.25, -0.2) is 9.64 Å². The summed E-state index contributed by atoms with van der Waals surface area (Å²) < 4.78 is 5.47. The van der Waals surface area contributed by atoms with E-state index in [2.05, 4.69) is 20.4 Å². The topological polar surface area (TPSA) is 78.3 Å². The van der Waals surface area contributed by atoms with E-state index in [-0.39, 0.29) is 18.0 Å². The van der Waals surface area contributed by atoms with Gasteiger partial charge in [-0.3, -0.25) is 4.79 Å². The van der Waals surface area contributed by atoms with Crippen molar-refractivity contribution in [3.8, 4) is 0 Å². The third-order valence-corrected chi connectivity index (χ3v) is 7.23. The molecule has 1 aliphatic heterocycles. The number of anilines is 2. The first-order valence-electron chi connectivity index (χ1n) is 13.2. The second kappa shape index (κ2) is 12.0.